The number of carbonyl (C=O) groups excluding carboxylic acids is 1. The molecule has 5 rings (SSSR count). The van der Waals surface area contributed by atoms with Crippen LogP contribution in [0.4, 0.5) is 17.5 Å². The minimum Gasteiger partial charge on any atom is -0.369 e. The number of nitrogens with two attached hydrogens (primary N) is 1. The van der Waals surface area contributed by atoms with Crippen LogP contribution < -0.4 is 16.0 Å². The van der Waals surface area contributed by atoms with Crippen molar-refractivity contribution in [3.8, 4) is 0 Å². The smallest absolute Gasteiger partial charge is 0.270 e. The fourth-order valence-corrected chi connectivity index (χ4v) is 4.78. The topological polar surface area (TPSA) is 105 Å². The zero-order valence-electron chi connectivity index (χ0n) is 18.7. The summed E-state index contributed by atoms with van der Waals surface area (Å²) >= 11 is 0. The van der Waals surface area contributed by atoms with E-state index in [-0.39, 0.29) is 11.9 Å². The molecule has 3 N–H and O–H groups in total. The predicted molar refractivity (Wildman–Crippen MR) is 125 cm³/mol. The van der Waals surface area contributed by atoms with Gasteiger partial charge in [0.1, 0.15) is 17.2 Å². The van der Waals surface area contributed by atoms with Gasteiger partial charge < -0.3 is 25.4 Å². The van der Waals surface area contributed by atoms with E-state index in [0.717, 1.165) is 49.1 Å². The Morgan fingerprint density at radius 3 is 2.62 bits per heavy atom. The number of fused-ring (bicyclic) bond motifs is 1. The summed E-state index contributed by atoms with van der Waals surface area (Å²) in [4.78, 5) is 30.5. The van der Waals surface area contributed by atoms with Crippen LogP contribution in [0, 0.1) is 0 Å². The molecular formula is C23H30N8O. The van der Waals surface area contributed by atoms with E-state index in [1.54, 1.807) is 25.2 Å². The summed E-state index contributed by atoms with van der Waals surface area (Å²) in [6.07, 6.45) is 9.12. The maximum Gasteiger partial charge on any atom is 0.270 e. The molecule has 3 aromatic heterocycles. The van der Waals surface area contributed by atoms with Crippen molar-refractivity contribution >= 4 is 34.4 Å². The van der Waals surface area contributed by atoms with Crippen molar-refractivity contribution in [2.75, 3.05) is 37.4 Å². The molecule has 3 aromatic rings. The fraction of sp³-hybridized carbons (Fsp3) is 0.478. The Bertz CT molecular complexity index is 1120. The van der Waals surface area contributed by atoms with Gasteiger partial charge in [-0.15, -0.1) is 0 Å². The lowest BCUT2D eigenvalue weighted by Crippen LogP contribution is -2.26. The highest BCUT2D eigenvalue weighted by atomic mass is 16.2. The summed E-state index contributed by atoms with van der Waals surface area (Å²) in [7, 11) is 3.56. The first-order valence-corrected chi connectivity index (χ1v) is 11.3. The Hall–Kier alpha value is -3.20. The molecular weight excluding hydrogens is 404 g/mol. The third-order valence-electron chi connectivity index (χ3n) is 6.47. The predicted octanol–water partition coefficient (Wildman–Crippen LogP) is 2.92. The van der Waals surface area contributed by atoms with Gasteiger partial charge in [0, 0.05) is 50.9 Å². The Kier molecular flexibility index (Phi) is 5.42. The maximum atomic E-state index is 12.8. The van der Waals surface area contributed by atoms with Crippen molar-refractivity contribution in [2.45, 2.75) is 44.2 Å². The molecule has 0 radical (unpaired) electrons. The minimum atomic E-state index is -0.0108. The lowest BCUT2D eigenvalue weighted by Gasteiger charge is -2.19. The number of hydrogen-bond acceptors (Lipinski definition) is 7. The SMILES string of the molecule is CN(C)C(=O)c1cc2cnc(Nc3ccc(N4CCC(N)C4)cn3)nc2n1C1CCCC1. The highest BCUT2D eigenvalue weighted by molar-refractivity contribution is 5.97. The van der Waals surface area contributed by atoms with E-state index >= 15 is 0 Å². The number of anilines is 3. The van der Waals surface area contributed by atoms with E-state index in [1.807, 2.05) is 24.4 Å². The second kappa shape index (κ2) is 8.38. The van der Waals surface area contributed by atoms with E-state index in [4.69, 9.17) is 10.7 Å². The standard InChI is InChI=1S/C23H30N8O/c1-29(2)22(32)19-11-15-12-26-23(28-21(15)31(19)17-5-3-4-6-17)27-20-8-7-18(13-25-20)30-10-9-16(24)14-30/h7-8,11-13,16-17H,3-6,9-10,14,24H2,1-2H3,(H,25,26,27,28). The average molecular weight is 435 g/mol. The number of carbonyl (C=O) groups is 1. The molecule has 9 heteroatoms. The maximum absolute atomic E-state index is 12.8. The van der Waals surface area contributed by atoms with Crippen LogP contribution in [0.15, 0.2) is 30.6 Å². The Morgan fingerprint density at radius 1 is 1.16 bits per heavy atom. The molecule has 1 unspecified atom stereocenters. The van der Waals surface area contributed by atoms with Gasteiger partial charge >= 0.3 is 0 Å². The molecule has 168 valence electrons. The first kappa shape index (κ1) is 20.7. The van der Waals surface area contributed by atoms with E-state index in [0.29, 0.717) is 23.5 Å². The van der Waals surface area contributed by atoms with Gasteiger partial charge in [-0.25, -0.2) is 9.97 Å². The van der Waals surface area contributed by atoms with E-state index in [9.17, 15) is 4.79 Å². The van der Waals surface area contributed by atoms with Gasteiger partial charge in [0.05, 0.1) is 11.9 Å². The molecule has 1 aliphatic heterocycles. The van der Waals surface area contributed by atoms with Crippen LogP contribution in [0.25, 0.3) is 11.0 Å². The number of hydrogen-bond donors (Lipinski definition) is 2. The molecule has 2 fully saturated rings. The lowest BCUT2D eigenvalue weighted by molar-refractivity contribution is 0.0815. The molecule has 1 aliphatic carbocycles. The lowest BCUT2D eigenvalue weighted by atomic mass is 10.2. The van der Waals surface area contributed by atoms with Crippen molar-refractivity contribution in [1.29, 1.82) is 0 Å². The van der Waals surface area contributed by atoms with Crippen LogP contribution in [0.3, 0.4) is 0 Å². The van der Waals surface area contributed by atoms with Crippen LogP contribution >= 0.6 is 0 Å². The third-order valence-corrected chi connectivity index (χ3v) is 6.47. The van der Waals surface area contributed by atoms with Crippen LogP contribution in [0.5, 0.6) is 0 Å². The first-order valence-electron chi connectivity index (χ1n) is 11.3. The molecule has 1 atom stereocenters. The summed E-state index contributed by atoms with van der Waals surface area (Å²) in [5.74, 6) is 1.14. The summed E-state index contributed by atoms with van der Waals surface area (Å²) < 4.78 is 2.12. The molecule has 0 aromatic carbocycles. The van der Waals surface area contributed by atoms with Crippen LogP contribution in [-0.2, 0) is 0 Å². The van der Waals surface area contributed by atoms with Gasteiger partial charge in [-0.3, -0.25) is 4.79 Å². The van der Waals surface area contributed by atoms with Gasteiger partial charge in [0.2, 0.25) is 5.95 Å². The summed E-state index contributed by atoms with van der Waals surface area (Å²) in [5, 5.41) is 4.09. The van der Waals surface area contributed by atoms with E-state index in [1.165, 1.54) is 12.8 Å². The molecule has 1 saturated carbocycles. The van der Waals surface area contributed by atoms with Crippen LogP contribution in [-0.4, -0.2) is 63.6 Å². The zero-order valence-corrected chi connectivity index (χ0v) is 18.7. The summed E-state index contributed by atoms with van der Waals surface area (Å²) in [6.45, 7) is 1.82. The molecule has 1 amide bonds. The monoisotopic (exact) mass is 434 g/mol. The quantitative estimate of drug-likeness (QED) is 0.636. The number of amides is 1. The Labute approximate surface area is 187 Å². The van der Waals surface area contributed by atoms with Gasteiger partial charge in [0.15, 0.2) is 0 Å². The fourth-order valence-electron chi connectivity index (χ4n) is 4.78. The van der Waals surface area contributed by atoms with Crippen molar-refractivity contribution in [1.82, 2.24) is 24.4 Å². The Morgan fingerprint density at radius 2 is 1.97 bits per heavy atom. The van der Waals surface area contributed by atoms with Crippen molar-refractivity contribution in [2.24, 2.45) is 5.73 Å². The van der Waals surface area contributed by atoms with Gasteiger partial charge in [-0.1, -0.05) is 12.8 Å². The second-order valence-corrected chi connectivity index (χ2v) is 9.03. The van der Waals surface area contributed by atoms with Crippen molar-refractivity contribution in [3.63, 3.8) is 0 Å². The molecule has 1 saturated heterocycles. The number of pyridine rings is 1. The molecule has 9 nitrogen and oxygen atoms in total. The highest BCUT2D eigenvalue weighted by Gasteiger charge is 2.26. The van der Waals surface area contributed by atoms with Crippen molar-refractivity contribution < 1.29 is 4.79 Å². The average Bonchev–Trinajstić information content (AvgIpc) is 3.53. The van der Waals surface area contributed by atoms with E-state index in [2.05, 4.69) is 24.8 Å². The van der Waals surface area contributed by atoms with Gasteiger partial charge in [-0.05, 0) is 37.5 Å². The molecule has 0 spiro atoms. The number of aromatic nitrogens is 4. The second-order valence-electron chi connectivity index (χ2n) is 9.03. The first-order chi connectivity index (χ1) is 15.5. The highest BCUT2D eigenvalue weighted by Crippen LogP contribution is 2.35. The van der Waals surface area contributed by atoms with Crippen LogP contribution in [0.2, 0.25) is 0 Å². The minimum absolute atomic E-state index is 0.0108. The van der Waals surface area contributed by atoms with Gasteiger partial charge in [0.25, 0.3) is 5.91 Å². The summed E-state index contributed by atoms with van der Waals surface area (Å²) in [6, 6.07) is 6.41. The molecule has 2 aliphatic rings. The largest absolute Gasteiger partial charge is 0.369 e. The van der Waals surface area contributed by atoms with Crippen LogP contribution in [0.1, 0.15) is 48.6 Å². The van der Waals surface area contributed by atoms with Gasteiger partial charge in [-0.2, -0.15) is 4.98 Å². The number of rotatable bonds is 5. The normalized spacial score (nSPS) is 19.1. The number of nitrogens with one attached hydrogen (secondary N) is 1. The number of nitrogens with zero attached hydrogens (tertiary/aromatic N) is 6. The Balaban J connectivity index is 1.43. The molecule has 4 heterocycles. The molecule has 32 heavy (non-hydrogen) atoms. The zero-order chi connectivity index (χ0) is 22.2. The van der Waals surface area contributed by atoms with E-state index < -0.39 is 0 Å². The third kappa shape index (κ3) is 3.88. The molecule has 0 bridgehead atoms. The summed E-state index contributed by atoms with van der Waals surface area (Å²) in [5.41, 5.74) is 8.56. The van der Waals surface area contributed by atoms with Crippen molar-refractivity contribution in [3.05, 3.63) is 36.3 Å².